The van der Waals surface area contributed by atoms with Crippen LogP contribution in [0.25, 0.3) is 11.1 Å². The lowest BCUT2D eigenvalue weighted by Gasteiger charge is -2.25. The van der Waals surface area contributed by atoms with Crippen molar-refractivity contribution in [3.05, 3.63) is 48.5 Å². The topological polar surface area (TPSA) is 86.3 Å². The van der Waals surface area contributed by atoms with Crippen molar-refractivity contribution in [1.29, 1.82) is 0 Å². The van der Waals surface area contributed by atoms with Gasteiger partial charge in [-0.05, 0) is 35.4 Å². The molecule has 2 atom stereocenters. The average molecular weight is 475 g/mol. The smallest absolute Gasteiger partial charge is 0.137 e. The van der Waals surface area contributed by atoms with Crippen LogP contribution in [0.5, 0.6) is 11.5 Å². The zero-order valence-electron chi connectivity index (χ0n) is 19.8. The minimum atomic E-state index is -0.492. The highest BCUT2D eigenvalue weighted by molar-refractivity contribution is 5.64. The fourth-order valence-electron chi connectivity index (χ4n) is 4.38. The monoisotopic (exact) mass is 474 g/mol. The van der Waals surface area contributed by atoms with E-state index in [0.717, 1.165) is 75.2 Å². The summed E-state index contributed by atoms with van der Waals surface area (Å²) >= 11 is 0. The third-order valence-electron chi connectivity index (χ3n) is 6.38. The zero-order chi connectivity index (χ0) is 23.6. The lowest BCUT2D eigenvalue weighted by atomic mass is 10.1. The molecule has 2 aliphatic rings. The van der Waals surface area contributed by atoms with E-state index in [9.17, 15) is 10.2 Å². The second-order valence-electron chi connectivity index (χ2n) is 9.11. The van der Waals surface area contributed by atoms with Crippen LogP contribution in [0.15, 0.2) is 48.5 Å². The van der Waals surface area contributed by atoms with Gasteiger partial charge in [0.05, 0.1) is 26.4 Å². The minimum absolute atomic E-state index is 0.286. The Labute approximate surface area is 201 Å². The summed E-state index contributed by atoms with van der Waals surface area (Å²) in [6.07, 6.45) is -0.983. The summed E-state index contributed by atoms with van der Waals surface area (Å²) < 4.78 is 22.3. The van der Waals surface area contributed by atoms with Gasteiger partial charge in [0.1, 0.15) is 76.2 Å². The number of hydrogen-bond acceptors (Lipinski definition) is 6. The van der Waals surface area contributed by atoms with E-state index in [1.807, 2.05) is 48.5 Å². The first-order chi connectivity index (χ1) is 16.7. The number of morpholine rings is 2. The Morgan fingerprint density at radius 1 is 0.618 bits per heavy atom. The summed E-state index contributed by atoms with van der Waals surface area (Å²) in [6.45, 7) is 8.72. The third kappa shape index (κ3) is 7.94. The van der Waals surface area contributed by atoms with Gasteiger partial charge in [-0.2, -0.15) is 0 Å². The van der Waals surface area contributed by atoms with E-state index >= 15 is 0 Å². The Balaban J connectivity index is 1.19. The molecular weight excluding hydrogens is 436 g/mol. The maximum absolute atomic E-state index is 10.3. The highest BCUT2D eigenvalue weighted by Gasteiger charge is 2.19. The van der Waals surface area contributed by atoms with Crippen molar-refractivity contribution in [3.63, 3.8) is 0 Å². The second kappa shape index (κ2) is 13.0. The molecule has 8 heteroatoms. The molecule has 186 valence electrons. The van der Waals surface area contributed by atoms with Crippen LogP contribution in [0, 0.1) is 0 Å². The molecule has 0 aromatic heterocycles. The molecule has 2 unspecified atom stereocenters. The molecule has 2 aromatic carbocycles. The molecular formula is C26H38N2O6+2. The molecule has 0 radical (unpaired) electrons. The Morgan fingerprint density at radius 3 is 1.32 bits per heavy atom. The van der Waals surface area contributed by atoms with Gasteiger partial charge < -0.3 is 39.0 Å². The highest BCUT2D eigenvalue weighted by Crippen LogP contribution is 2.24. The van der Waals surface area contributed by atoms with E-state index in [2.05, 4.69) is 0 Å². The van der Waals surface area contributed by atoms with Crippen molar-refractivity contribution in [2.75, 3.05) is 78.9 Å². The number of aliphatic hydroxyl groups excluding tert-OH is 2. The van der Waals surface area contributed by atoms with E-state index in [-0.39, 0.29) is 13.2 Å². The summed E-state index contributed by atoms with van der Waals surface area (Å²) in [5.41, 5.74) is 2.15. The fraction of sp³-hybridized carbons (Fsp3) is 0.538. The first kappa shape index (κ1) is 24.9. The van der Waals surface area contributed by atoms with E-state index < -0.39 is 12.2 Å². The van der Waals surface area contributed by atoms with Crippen LogP contribution >= 0.6 is 0 Å². The van der Waals surface area contributed by atoms with Gasteiger partial charge >= 0.3 is 0 Å². The Morgan fingerprint density at radius 2 is 0.971 bits per heavy atom. The maximum Gasteiger partial charge on any atom is 0.137 e. The number of nitrogens with one attached hydrogen (secondary N) is 2. The van der Waals surface area contributed by atoms with Crippen LogP contribution in [0.3, 0.4) is 0 Å². The number of hydrogen-bond donors (Lipinski definition) is 4. The zero-order valence-corrected chi connectivity index (χ0v) is 19.8. The first-order valence-electron chi connectivity index (χ1n) is 12.3. The van der Waals surface area contributed by atoms with Crippen LogP contribution in [0.1, 0.15) is 0 Å². The van der Waals surface area contributed by atoms with Crippen molar-refractivity contribution in [2.24, 2.45) is 0 Å². The molecule has 4 rings (SSSR count). The molecule has 2 aromatic rings. The lowest BCUT2D eigenvalue weighted by molar-refractivity contribution is -0.911. The molecule has 0 saturated carbocycles. The van der Waals surface area contributed by atoms with Crippen LogP contribution < -0.4 is 19.3 Å². The number of rotatable bonds is 11. The van der Waals surface area contributed by atoms with Gasteiger partial charge in [-0.25, -0.2) is 0 Å². The molecule has 2 saturated heterocycles. The maximum atomic E-state index is 10.3. The number of ether oxygens (including phenoxy) is 4. The summed E-state index contributed by atoms with van der Waals surface area (Å²) in [4.78, 5) is 2.72. The minimum Gasteiger partial charge on any atom is -0.491 e. The molecule has 34 heavy (non-hydrogen) atoms. The van der Waals surface area contributed by atoms with Gasteiger partial charge in [0.2, 0.25) is 0 Å². The largest absolute Gasteiger partial charge is 0.491 e. The molecule has 2 fully saturated rings. The van der Waals surface area contributed by atoms with Crippen LogP contribution in [-0.4, -0.2) is 101 Å². The van der Waals surface area contributed by atoms with Crippen LogP contribution in [0.2, 0.25) is 0 Å². The summed E-state index contributed by atoms with van der Waals surface area (Å²) in [5, 5.41) is 20.5. The van der Waals surface area contributed by atoms with Gasteiger partial charge in [0, 0.05) is 0 Å². The Bertz CT molecular complexity index is 764. The van der Waals surface area contributed by atoms with Gasteiger partial charge in [-0.15, -0.1) is 0 Å². The molecule has 0 aliphatic carbocycles. The Hall–Kier alpha value is -2.20. The predicted molar refractivity (Wildman–Crippen MR) is 128 cm³/mol. The summed E-state index contributed by atoms with van der Waals surface area (Å²) in [5.74, 6) is 1.49. The van der Waals surface area contributed by atoms with Crippen molar-refractivity contribution in [3.8, 4) is 22.6 Å². The van der Waals surface area contributed by atoms with Crippen molar-refractivity contribution < 1.29 is 39.0 Å². The Kier molecular flexibility index (Phi) is 9.55. The van der Waals surface area contributed by atoms with Crippen LogP contribution in [-0.2, 0) is 9.47 Å². The van der Waals surface area contributed by atoms with E-state index in [0.29, 0.717) is 13.1 Å². The SMILES string of the molecule is OC(COc1ccc(-c2ccc(OCC(O)C[NH+]3CCOCC3)cc2)cc1)C[NH+]1CCOCC1. The first-order valence-corrected chi connectivity index (χ1v) is 12.3. The predicted octanol–water partition coefficient (Wildman–Crippen LogP) is -1.34. The van der Waals surface area contributed by atoms with Gasteiger partial charge in [-0.1, -0.05) is 24.3 Å². The van der Waals surface area contributed by atoms with Crippen molar-refractivity contribution in [1.82, 2.24) is 0 Å². The molecule has 8 nitrogen and oxygen atoms in total. The lowest BCUT2D eigenvalue weighted by Crippen LogP contribution is -3.15. The number of benzene rings is 2. The summed E-state index contributed by atoms with van der Waals surface area (Å²) in [7, 11) is 0. The van der Waals surface area contributed by atoms with Crippen LogP contribution in [0.4, 0.5) is 0 Å². The molecule has 4 N–H and O–H groups in total. The quantitative estimate of drug-likeness (QED) is 0.323. The van der Waals surface area contributed by atoms with Gasteiger partial charge in [0.25, 0.3) is 0 Å². The fourth-order valence-corrected chi connectivity index (χ4v) is 4.38. The van der Waals surface area contributed by atoms with E-state index in [1.165, 1.54) is 9.80 Å². The third-order valence-corrected chi connectivity index (χ3v) is 6.38. The van der Waals surface area contributed by atoms with Gasteiger partial charge in [0.15, 0.2) is 0 Å². The van der Waals surface area contributed by atoms with Gasteiger partial charge in [-0.3, -0.25) is 0 Å². The highest BCUT2D eigenvalue weighted by atomic mass is 16.5. The second-order valence-corrected chi connectivity index (χ2v) is 9.11. The standard InChI is InChI=1S/C26H36N2O6/c29-23(17-27-9-13-31-14-10-27)19-33-25-5-1-21(2-6-25)22-3-7-26(8-4-22)34-20-24(30)18-28-11-15-32-16-12-28/h1-8,23-24,29-30H,9-20H2/p+2. The number of quaternary nitrogens is 2. The molecule has 0 amide bonds. The average Bonchev–Trinajstić information content (AvgIpc) is 2.88. The molecule has 2 aliphatic heterocycles. The molecule has 0 bridgehead atoms. The summed E-state index contributed by atoms with van der Waals surface area (Å²) in [6, 6.07) is 15.8. The number of aliphatic hydroxyl groups is 2. The normalized spacial score (nSPS) is 19.5. The van der Waals surface area contributed by atoms with E-state index in [4.69, 9.17) is 18.9 Å². The van der Waals surface area contributed by atoms with E-state index in [1.54, 1.807) is 0 Å². The molecule has 0 spiro atoms. The van der Waals surface area contributed by atoms with Crippen molar-refractivity contribution in [2.45, 2.75) is 12.2 Å². The van der Waals surface area contributed by atoms with Crippen molar-refractivity contribution >= 4 is 0 Å². The molecule has 2 heterocycles.